The molecule has 1 aromatic heterocycles. The van der Waals surface area contributed by atoms with Crippen LogP contribution in [-0.4, -0.2) is 33.1 Å². The zero-order chi connectivity index (χ0) is 16.1. The van der Waals surface area contributed by atoms with Crippen molar-refractivity contribution in [2.45, 2.75) is 39.0 Å². The first-order valence-electron chi connectivity index (χ1n) is 8.17. The number of aliphatic hydroxyl groups excluding tert-OH is 1. The summed E-state index contributed by atoms with van der Waals surface area (Å²) in [6.07, 6.45) is 5.73. The molecule has 0 bridgehead atoms. The number of hydrogen-bond acceptors (Lipinski definition) is 5. The Bertz CT molecular complexity index is 633. The van der Waals surface area contributed by atoms with Crippen molar-refractivity contribution in [1.82, 2.24) is 14.9 Å². The standard InChI is InChI=1S/C18H23N3O2/c1-2-23-18-6-5-14(10-15(18)12-22)11-21-9-3-4-17(21)16-7-8-19-13-20-16/h5-8,10,13,17,22H,2-4,9,11-12H2,1H3. The van der Waals surface area contributed by atoms with Crippen LogP contribution in [0.25, 0.3) is 0 Å². The number of likely N-dealkylation sites (tertiary alicyclic amines) is 1. The first-order chi connectivity index (χ1) is 11.3. The van der Waals surface area contributed by atoms with Gasteiger partial charge in [-0.25, -0.2) is 9.97 Å². The van der Waals surface area contributed by atoms with Crippen molar-refractivity contribution in [2.75, 3.05) is 13.2 Å². The Kier molecular flexibility index (Phi) is 5.20. The first kappa shape index (κ1) is 15.9. The zero-order valence-electron chi connectivity index (χ0n) is 13.5. The van der Waals surface area contributed by atoms with Crippen LogP contribution in [0.3, 0.4) is 0 Å². The summed E-state index contributed by atoms with van der Waals surface area (Å²) in [6, 6.07) is 8.43. The molecule has 1 fully saturated rings. The van der Waals surface area contributed by atoms with Crippen molar-refractivity contribution >= 4 is 0 Å². The van der Waals surface area contributed by atoms with E-state index in [2.05, 4.69) is 20.9 Å². The maximum atomic E-state index is 9.55. The monoisotopic (exact) mass is 313 g/mol. The molecule has 1 atom stereocenters. The molecule has 1 N–H and O–H groups in total. The summed E-state index contributed by atoms with van der Waals surface area (Å²) < 4.78 is 5.55. The summed E-state index contributed by atoms with van der Waals surface area (Å²) in [5, 5.41) is 9.55. The lowest BCUT2D eigenvalue weighted by atomic mass is 10.1. The van der Waals surface area contributed by atoms with Crippen molar-refractivity contribution in [3.8, 4) is 5.75 Å². The van der Waals surface area contributed by atoms with Crippen LogP contribution in [0.5, 0.6) is 5.75 Å². The SMILES string of the molecule is CCOc1ccc(CN2CCCC2c2ccncn2)cc1CO. The molecule has 0 saturated carbocycles. The molecule has 5 heteroatoms. The summed E-state index contributed by atoms with van der Waals surface area (Å²) in [5.74, 6) is 0.771. The molecule has 1 saturated heterocycles. The third kappa shape index (κ3) is 3.68. The second-order valence-corrected chi connectivity index (χ2v) is 5.80. The van der Waals surface area contributed by atoms with Gasteiger partial charge in [0.15, 0.2) is 0 Å². The molecule has 1 aromatic carbocycles. The Morgan fingerprint density at radius 3 is 3.00 bits per heavy atom. The number of rotatable bonds is 6. The van der Waals surface area contributed by atoms with E-state index in [4.69, 9.17) is 4.74 Å². The molecule has 0 spiro atoms. The molecule has 1 aliphatic rings. The van der Waals surface area contributed by atoms with Crippen molar-refractivity contribution in [2.24, 2.45) is 0 Å². The summed E-state index contributed by atoms with van der Waals surface area (Å²) >= 11 is 0. The summed E-state index contributed by atoms with van der Waals surface area (Å²) in [4.78, 5) is 10.9. The molecular formula is C18H23N3O2. The van der Waals surface area contributed by atoms with Crippen LogP contribution in [0, 0.1) is 0 Å². The van der Waals surface area contributed by atoms with Gasteiger partial charge in [0.25, 0.3) is 0 Å². The third-order valence-electron chi connectivity index (χ3n) is 4.29. The molecule has 2 heterocycles. The number of nitrogens with zero attached hydrogens (tertiary/aromatic N) is 3. The quantitative estimate of drug-likeness (QED) is 0.888. The van der Waals surface area contributed by atoms with Gasteiger partial charge in [0.2, 0.25) is 0 Å². The van der Waals surface area contributed by atoms with Crippen LogP contribution >= 0.6 is 0 Å². The minimum Gasteiger partial charge on any atom is -0.494 e. The topological polar surface area (TPSA) is 58.5 Å². The Labute approximate surface area is 137 Å². The second kappa shape index (κ2) is 7.53. The fourth-order valence-corrected chi connectivity index (χ4v) is 3.23. The van der Waals surface area contributed by atoms with Gasteiger partial charge >= 0.3 is 0 Å². The Hall–Kier alpha value is -1.98. The van der Waals surface area contributed by atoms with Gasteiger partial charge in [-0.15, -0.1) is 0 Å². The molecule has 1 aliphatic heterocycles. The summed E-state index contributed by atoms with van der Waals surface area (Å²) in [6.45, 7) is 4.47. The van der Waals surface area contributed by atoms with E-state index in [0.29, 0.717) is 12.6 Å². The second-order valence-electron chi connectivity index (χ2n) is 5.80. The van der Waals surface area contributed by atoms with Crippen LogP contribution in [0.1, 0.15) is 42.6 Å². The van der Waals surface area contributed by atoms with E-state index in [1.165, 1.54) is 12.0 Å². The van der Waals surface area contributed by atoms with Gasteiger partial charge in [-0.2, -0.15) is 0 Å². The lowest BCUT2D eigenvalue weighted by molar-refractivity contribution is 0.242. The molecule has 0 aliphatic carbocycles. The van der Waals surface area contributed by atoms with E-state index < -0.39 is 0 Å². The van der Waals surface area contributed by atoms with E-state index in [1.807, 2.05) is 25.1 Å². The first-order valence-corrected chi connectivity index (χ1v) is 8.17. The van der Waals surface area contributed by atoms with Gasteiger partial charge in [0, 0.05) is 18.3 Å². The Morgan fingerprint density at radius 1 is 1.35 bits per heavy atom. The van der Waals surface area contributed by atoms with E-state index in [1.54, 1.807) is 12.5 Å². The number of benzene rings is 1. The molecular weight excluding hydrogens is 290 g/mol. The lowest BCUT2D eigenvalue weighted by Crippen LogP contribution is -2.23. The fraction of sp³-hybridized carbons (Fsp3) is 0.444. The highest BCUT2D eigenvalue weighted by Crippen LogP contribution is 2.32. The van der Waals surface area contributed by atoms with Crippen molar-refractivity contribution in [3.63, 3.8) is 0 Å². The maximum Gasteiger partial charge on any atom is 0.124 e. The highest BCUT2D eigenvalue weighted by Gasteiger charge is 2.27. The summed E-state index contributed by atoms with van der Waals surface area (Å²) in [5.41, 5.74) is 3.13. The Balaban J connectivity index is 1.75. The molecule has 23 heavy (non-hydrogen) atoms. The number of aliphatic hydroxyl groups is 1. The predicted molar refractivity (Wildman–Crippen MR) is 88.0 cm³/mol. The zero-order valence-corrected chi connectivity index (χ0v) is 13.5. The Morgan fingerprint density at radius 2 is 2.26 bits per heavy atom. The average molecular weight is 313 g/mol. The molecule has 2 aromatic rings. The van der Waals surface area contributed by atoms with Gasteiger partial charge in [-0.05, 0) is 50.1 Å². The van der Waals surface area contributed by atoms with Crippen LogP contribution in [0.4, 0.5) is 0 Å². The van der Waals surface area contributed by atoms with E-state index in [0.717, 1.165) is 36.5 Å². The predicted octanol–water partition coefficient (Wildman–Crippen LogP) is 2.70. The molecule has 5 nitrogen and oxygen atoms in total. The molecule has 3 rings (SSSR count). The van der Waals surface area contributed by atoms with Crippen molar-refractivity contribution in [1.29, 1.82) is 0 Å². The van der Waals surface area contributed by atoms with Crippen molar-refractivity contribution < 1.29 is 9.84 Å². The molecule has 1 unspecified atom stereocenters. The average Bonchev–Trinajstić information content (AvgIpc) is 3.05. The van der Waals surface area contributed by atoms with Crippen LogP contribution in [-0.2, 0) is 13.2 Å². The number of ether oxygens (including phenoxy) is 1. The van der Waals surface area contributed by atoms with Crippen molar-refractivity contribution in [3.05, 3.63) is 53.6 Å². The van der Waals surface area contributed by atoms with E-state index in [9.17, 15) is 5.11 Å². The van der Waals surface area contributed by atoms with Gasteiger partial charge < -0.3 is 9.84 Å². The molecule has 122 valence electrons. The summed E-state index contributed by atoms with van der Waals surface area (Å²) in [7, 11) is 0. The third-order valence-corrected chi connectivity index (χ3v) is 4.29. The highest BCUT2D eigenvalue weighted by molar-refractivity contribution is 5.37. The van der Waals surface area contributed by atoms with Gasteiger partial charge in [0.1, 0.15) is 12.1 Å². The maximum absolute atomic E-state index is 9.55. The van der Waals surface area contributed by atoms with Gasteiger partial charge in [-0.3, -0.25) is 4.90 Å². The number of aromatic nitrogens is 2. The smallest absolute Gasteiger partial charge is 0.124 e. The van der Waals surface area contributed by atoms with Crippen LogP contribution < -0.4 is 4.74 Å². The van der Waals surface area contributed by atoms with Gasteiger partial charge in [0.05, 0.1) is 24.9 Å². The van der Waals surface area contributed by atoms with E-state index >= 15 is 0 Å². The van der Waals surface area contributed by atoms with Crippen LogP contribution in [0.15, 0.2) is 36.8 Å². The normalized spacial score (nSPS) is 18.3. The van der Waals surface area contributed by atoms with E-state index in [-0.39, 0.29) is 6.61 Å². The van der Waals surface area contributed by atoms with Crippen LogP contribution in [0.2, 0.25) is 0 Å². The lowest BCUT2D eigenvalue weighted by Gasteiger charge is -2.24. The molecule has 0 radical (unpaired) electrons. The highest BCUT2D eigenvalue weighted by atomic mass is 16.5. The van der Waals surface area contributed by atoms with Gasteiger partial charge in [-0.1, -0.05) is 6.07 Å². The fourth-order valence-electron chi connectivity index (χ4n) is 3.23. The molecule has 0 amide bonds. The largest absolute Gasteiger partial charge is 0.494 e. The minimum atomic E-state index is -0.00148. The minimum absolute atomic E-state index is 0.00148. The number of hydrogen-bond donors (Lipinski definition) is 1.